The summed E-state index contributed by atoms with van der Waals surface area (Å²) in [7, 11) is 0. The summed E-state index contributed by atoms with van der Waals surface area (Å²) in [5.74, 6) is 1.29. The van der Waals surface area contributed by atoms with E-state index in [1.165, 1.54) is 6.33 Å². The Labute approximate surface area is 203 Å². The second-order valence-electron chi connectivity index (χ2n) is 6.13. The lowest BCUT2D eigenvalue weighted by Gasteiger charge is -2.12. The predicted octanol–water partition coefficient (Wildman–Crippen LogP) is 5.03. The number of ether oxygens (including phenoxy) is 1. The van der Waals surface area contributed by atoms with E-state index in [1.807, 2.05) is 47.2 Å². The Hall–Kier alpha value is -2.29. The molecule has 166 valence electrons. The number of fused-ring (bicyclic) bond motifs is 1. The standard InChI is InChI=1S/C20H19ClN6O.3ClH/c21-16-11-14(4-5-18(16)28-12-15-3-1-2-8-23-15)26-20-19-17(24-13-25-20)6-9-27(19)10-7-22;;;/h1-6,8-9,11,13H,7,10,12,22H2,(H,24,25,26);3*1H. The maximum absolute atomic E-state index is 6.40. The Morgan fingerprint density at radius 3 is 2.58 bits per heavy atom. The Kier molecular flexibility index (Phi) is 10.8. The van der Waals surface area contributed by atoms with Crippen molar-refractivity contribution < 1.29 is 4.74 Å². The van der Waals surface area contributed by atoms with Gasteiger partial charge in [0.05, 0.1) is 16.2 Å². The van der Waals surface area contributed by atoms with Crippen LogP contribution >= 0.6 is 48.8 Å². The van der Waals surface area contributed by atoms with Gasteiger partial charge in [-0.2, -0.15) is 0 Å². The first kappa shape index (κ1) is 26.7. The van der Waals surface area contributed by atoms with Crippen LogP contribution in [0.3, 0.4) is 0 Å². The molecule has 31 heavy (non-hydrogen) atoms. The highest BCUT2D eigenvalue weighted by molar-refractivity contribution is 6.32. The second kappa shape index (κ2) is 12.5. The van der Waals surface area contributed by atoms with E-state index in [-0.39, 0.29) is 37.2 Å². The minimum atomic E-state index is 0. The average Bonchev–Trinajstić information content (AvgIpc) is 3.13. The number of anilines is 2. The maximum Gasteiger partial charge on any atom is 0.158 e. The van der Waals surface area contributed by atoms with Crippen LogP contribution in [-0.4, -0.2) is 26.1 Å². The Bertz CT molecular complexity index is 1090. The van der Waals surface area contributed by atoms with Gasteiger partial charge < -0.3 is 20.4 Å². The second-order valence-corrected chi connectivity index (χ2v) is 6.54. The van der Waals surface area contributed by atoms with Crippen LogP contribution in [0.25, 0.3) is 11.0 Å². The normalized spacial score (nSPS) is 9.87. The number of nitrogens with one attached hydrogen (secondary N) is 1. The number of hydrogen-bond acceptors (Lipinski definition) is 6. The van der Waals surface area contributed by atoms with Crippen molar-refractivity contribution in [3.8, 4) is 5.75 Å². The van der Waals surface area contributed by atoms with E-state index in [0.717, 1.165) is 22.4 Å². The highest BCUT2D eigenvalue weighted by Gasteiger charge is 2.11. The third-order valence-electron chi connectivity index (χ3n) is 4.22. The van der Waals surface area contributed by atoms with E-state index in [1.54, 1.807) is 12.3 Å². The van der Waals surface area contributed by atoms with Gasteiger partial charge in [0.25, 0.3) is 0 Å². The summed E-state index contributed by atoms with van der Waals surface area (Å²) >= 11 is 6.40. The van der Waals surface area contributed by atoms with Gasteiger partial charge in [-0.3, -0.25) is 4.98 Å². The number of rotatable bonds is 7. The minimum Gasteiger partial charge on any atom is -0.486 e. The number of aromatic nitrogens is 4. The van der Waals surface area contributed by atoms with Crippen molar-refractivity contribution in [2.45, 2.75) is 13.2 Å². The Balaban J connectivity index is 0.00000160. The Morgan fingerprint density at radius 2 is 1.87 bits per heavy atom. The topological polar surface area (TPSA) is 90.9 Å². The highest BCUT2D eigenvalue weighted by Crippen LogP contribution is 2.31. The van der Waals surface area contributed by atoms with Crippen molar-refractivity contribution in [1.82, 2.24) is 19.5 Å². The molecule has 0 fully saturated rings. The molecular formula is C20H22Cl4N6O. The van der Waals surface area contributed by atoms with Gasteiger partial charge in [-0.25, -0.2) is 9.97 Å². The first-order chi connectivity index (χ1) is 13.7. The third kappa shape index (κ3) is 6.35. The molecule has 0 saturated carbocycles. The molecule has 4 aromatic rings. The molecule has 0 bridgehead atoms. The van der Waals surface area contributed by atoms with Crippen molar-refractivity contribution in [3.05, 3.63) is 71.9 Å². The first-order valence-electron chi connectivity index (χ1n) is 8.84. The molecule has 11 heteroatoms. The quantitative estimate of drug-likeness (QED) is 0.367. The van der Waals surface area contributed by atoms with Crippen LogP contribution in [0.1, 0.15) is 5.69 Å². The van der Waals surface area contributed by atoms with Crippen LogP contribution < -0.4 is 15.8 Å². The summed E-state index contributed by atoms with van der Waals surface area (Å²) in [6.07, 6.45) is 5.22. The van der Waals surface area contributed by atoms with Crippen molar-refractivity contribution in [2.24, 2.45) is 5.73 Å². The average molecular weight is 504 g/mol. The highest BCUT2D eigenvalue weighted by atomic mass is 35.5. The molecule has 1 aromatic carbocycles. The lowest BCUT2D eigenvalue weighted by atomic mass is 10.3. The lowest BCUT2D eigenvalue weighted by molar-refractivity contribution is 0.301. The predicted molar refractivity (Wildman–Crippen MR) is 132 cm³/mol. The van der Waals surface area contributed by atoms with Crippen molar-refractivity contribution in [2.75, 3.05) is 11.9 Å². The molecule has 0 aliphatic rings. The van der Waals surface area contributed by atoms with Crippen LogP contribution in [0.5, 0.6) is 5.75 Å². The third-order valence-corrected chi connectivity index (χ3v) is 4.51. The largest absolute Gasteiger partial charge is 0.486 e. The van der Waals surface area contributed by atoms with Crippen LogP contribution in [0.2, 0.25) is 5.02 Å². The number of pyridine rings is 1. The van der Waals surface area contributed by atoms with E-state index >= 15 is 0 Å². The zero-order valence-electron chi connectivity index (χ0n) is 16.3. The van der Waals surface area contributed by atoms with E-state index < -0.39 is 0 Å². The summed E-state index contributed by atoms with van der Waals surface area (Å²) in [6.45, 7) is 1.57. The number of halogens is 4. The summed E-state index contributed by atoms with van der Waals surface area (Å²) < 4.78 is 7.80. The summed E-state index contributed by atoms with van der Waals surface area (Å²) in [6, 6.07) is 13.2. The van der Waals surface area contributed by atoms with Crippen LogP contribution in [-0.2, 0) is 13.2 Å². The maximum atomic E-state index is 6.40. The molecule has 0 radical (unpaired) electrons. The van der Waals surface area contributed by atoms with Gasteiger partial charge in [0.15, 0.2) is 5.82 Å². The zero-order valence-corrected chi connectivity index (χ0v) is 19.5. The molecule has 0 amide bonds. The fourth-order valence-corrected chi connectivity index (χ4v) is 3.15. The minimum absolute atomic E-state index is 0. The van der Waals surface area contributed by atoms with Gasteiger partial charge in [0, 0.05) is 31.2 Å². The molecule has 7 nitrogen and oxygen atoms in total. The molecule has 4 rings (SSSR count). The number of nitrogens with zero attached hydrogens (tertiary/aromatic N) is 4. The van der Waals surface area contributed by atoms with Gasteiger partial charge in [-0.1, -0.05) is 17.7 Å². The van der Waals surface area contributed by atoms with E-state index in [0.29, 0.717) is 36.3 Å². The summed E-state index contributed by atoms with van der Waals surface area (Å²) in [5.41, 5.74) is 9.10. The number of nitrogens with two attached hydrogens (primary N) is 1. The molecule has 0 spiro atoms. The Morgan fingerprint density at radius 1 is 1.03 bits per heavy atom. The molecule has 0 atom stereocenters. The fourth-order valence-electron chi connectivity index (χ4n) is 2.92. The van der Waals surface area contributed by atoms with Gasteiger partial charge in [0.2, 0.25) is 0 Å². The zero-order chi connectivity index (χ0) is 19.3. The lowest BCUT2D eigenvalue weighted by Crippen LogP contribution is -2.10. The molecule has 0 unspecified atom stereocenters. The van der Waals surface area contributed by atoms with Crippen molar-refractivity contribution in [3.63, 3.8) is 0 Å². The molecule has 0 saturated heterocycles. The summed E-state index contributed by atoms with van der Waals surface area (Å²) in [4.78, 5) is 12.9. The first-order valence-corrected chi connectivity index (χ1v) is 9.21. The van der Waals surface area contributed by atoms with Crippen LogP contribution in [0.4, 0.5) is 11.5 Å². The van der Waals surface area contributed by atoms with Gasteiger partial charge in [0.1, 0.15) is 24.2 Å². The van der Waals surface area contributed by atoms with Gasteiger partial charge in [-0.05, 0) is 36.4 Å². The van der Waals surface area contributed by atoms with Crippen LogP contribution in [0.15, 0.2) is 61.2 Å². The molecule has 3 N–H and O–H groups in total. The molecule has 0 aliphatic carbocycles. The molecule has 3 aromatic heterocycles. The van der Waals surface area contributed by atoms with Crippen molar-refractivity contribution in [1.29, 1.82) is 0 Å². The number of benzene rings is 1. The van der Waals surface area contributed by atoms with Crippen LogP contribution in [0, 0.1) is 0 Å². The molecule has 0 aliphatic heterocycles. The smallest absolute Gasteiger partial charge is 0.158 e. The van der Waals surface area contributed by atoms with Gasteiger partial charge in [-0.15, -0.1) is 37.2 Å². The molecular weight excluding hydrogens is 482 g/mol. The van der Waals surface area contributed by atoms with E-state index in [9.17, 15) is 0 Å². The molecule has 3 heterocycles. The van der Waals surface area contributed by atoms with E-state index in [2.05, 4.69) is 20.3 Å². The fraction of sp³-hybridized carbons (Fsp3) is 0.150. The monoisotopic (exact) mass is 502 g/mol. The summed E-state index contributed by atoms with van der Waals surface area (Å²) in [5, 5.41) is 3.81. The van der Waals surface area contributed by atoms with Gasteiger partial charge >= 0.3 is 0 Å². The van der Waals surface area contributed by atoms with Crippen molar-refractivity contribution >= 4 is 71.4 Å². The van der Waals surface area contributed by atoms with E-state index in [4.69, 9.17) is 22.1 Å². The SMILES string of the molecule is Cl.Cl.Cl.NCCn1ccc2ncnc(Nc3ccc(OCc4ccccn4)c(Cl)c3)c21. The number of hydrogen-bond donors (Lipinski definition) is 2.